The number of likely N-dealkylation sites (N-methyl/N-ethyl adjacent to an activating group) is 1. The molecule has 1 aromatic rings. The second-order valence-corrected chi connectivity index (χ2v) is 7.32. The molecule has 2 fully saturated rings. The van der Waals surface area contributed by atoms with Crippen LogP contribution in [0.3, 0.4) is 0 Å². The molecule has 1 atom stereocenters. The lowest BCUT2D eigenvalue weighted by molar-refractivity contribution is 0.0245. The van der Waals surface area contributed by atoms with Crippen LogP contribution >= 0.6 is 0 Å². The van der Waals surface area contributed by atoms with E-state index in [9.17, 15) is 0 Å². The summed E-state index contributed by atoms with van der Waals surface area (Å²) in [4.78, 5) is 16.2. The molecule has 0 bridgehead atoms. The number of morpholine rings is 1. The van der Waals surface area contributed by atoms with Gasteiger partial charge >= 0.3 is 0 Å². The van der Waals surface area contributed by atoms with Crippen molar-refractivity contribution in [3.05, 3.63) is 12.3 Å². The van der Waals surface area contributed by atoms with Gasteiger partial charge in [0, 0.05) is 38.9 Å². The Labute approximate surface area is 145 Å². The number of hydrogen-bond acceptors (Lipinski definition) is 6. The highest BCUT2D eigenvalue weighted by Crippen LogP contribution is 2.25. The van der Waals surface area contributed by atoms with E-state index in [-0.39, 0.29) is 6.10 Å². The first-order valence-corrected chi connectivity index (χ1v) is 9.20. The van der Waals surface area contributed by atoms with Crippen molar-refractivity contribution in [1.82, 2.24) is 14.9 Å². The van der Waals surface area contributed by atoms with E-state index in [1.165, 1.54) is 32.1 Å². The minimum atomic E-state index is 0.239. The number of aromatic nitrogens is 2. The first-order chi connectivity index (χ1) is 11.6. The molecule has 2 heterocycles. The van der Waals surface area contributed by atoms with E-state index in [0.29, 0.717) is 6.04 Å². The molecular formula is C18H31N5O. The van der Waals surface area contributed by atoms with Gasteiger partial charge in [-0.15, -0.1) is 0 Å². The van der Waals surface area contributed by atoms with Crippen molar-refractivity contribution in [2.45, 2.75) is 44.2 Å². The van der Waals surface area contributed by atoms with Crippen LogP contribution in [0, 0.1) is 0 Å². The highest BCUT2D eigenvalue weighted by Gasteiger charge is 2.24. The predicted octanol–water partition coefficient (Wildman–Crippen LogP) is 2.01. The number of nitrogens with zero attached hydrogens (tertiary/aromatic N) is 5. The zero-order chi connectivity index (χ0) is 16.9. The van der Waals surface area contributed by atoms with Gasteiger partial charge in [-0.25, -0.2) is 4.98 Å². The summed E-state index contributed by atoms with van der Waals surface area (Å²) in [6.07, 6.45) is 8.66. The topological polar surface area (TPSA) is 44.7 Å². The summed E-state index contributed by atoms with van der Waals surface area (Å²) in [6, 6.07) is 2.61. The summed E-state index contributed by atoms with van der Waals surface area (Å²) in [5.41, 5.74) is 0. The van der Waals surface area contributed by atoms with Crippen molar-refractivity contribution in [2.75, 3.05) is 57.2 Å². The Morgan fingerprint density at radius 1 is 1.21 bits per heavy atom. The number of hydrogen-bond donors (Lipinski definition) is 0. The molecular weight excluding hydrogens is 302 g/mol. The standard InChI is InChI=1S/C18H31N5O/c1-21(2)13-16-14-23(11-12-24-16)17-9-10-19-18(20-17)22(3)15-7-5-4-6-8-15/h9-10,15-16H,4-8,11-14H2,1-3H3. The average molecular weight is 333 g/mol. The molecule has 1 aliphatic heterocycles. The Morgan fingerprint density at radius 2 is 2.00 bits per heavy atom. The van der Waals surface area contributed by atoms with Crippen LogP contribution in [0.15, 0.2) is 12.3 Å². The third-order valence-corrected chi connectivity index (χ3v) is 5.10. The SMILES string of the molecule is CN(C)CC1CN(c2ccnc(N(C)C3CCCCC3)n2)CCO1. The molecule has 1 aliphatic carbocycles. The van der Waals surface area contributed by atoms with E-state index in [1.807, 2.05) is 12.3 Å². The Hall–Kier alpha value is -1.40. The summed E-state index contributed by atoms with van der Waals surface area (Å²) >= 11 is 0. The van der Waals surface area contributed by atoms with E-state index in [0.717, 1.165) is 38.0 Å². The zero-order valence-corrected chi connectivity index (χ0v) is 15.3. The second kappa shape index (κ2) is 8.12. The van der Waals surface area contributed by atoms with Crippen LogP contribution < -0.4 is 9.80 Å². The van der Waals surface area contributed by atoms with Gasteiger partial charge in [0.05, 0.1) is 12.7 Å². The Bertz CT molecular complexity index is 518. The molecule has 1 unspecified atom stereocenters. The molecule has 0 amide bonds. The van der Waals surface area contributed by atoms with Gasteiger partial charge in [0.1, 0.15) is 5.82 Å². The van der Waals surface area contributed by atoms with Gasteiger partial charge in [0.25, 0.3) is 0 Å². The molecule has 1 saturated heterocycles. The maximum absolute atomic E-state index is 5.88. The number of anilines is 2. The van der Waals surface area contributed by atoms with E-state index in [4.69, 9.17) is 9.72 Å². The smallest absolute Gasteiger partial charge is 0.227 e. The van der Waals surface area contributed by atoms with Crippen LogP contribution in [0.1, 0.15) is 32.1 Å². The minimum absolute atomic E-state index is 0.239. The first-order valence-electron chi connectivity index (χ1n) is 9.20. The van der Waals surface area contributed by atoms with Gasteiger partial charge in [-0.2, -0.15) is 4.98 Å². The monoisotopic (exact) mass is 333 g/mol. The van der Waals surface area contributed by atoms with Gasteiger partial charge in [-0.3, -0.25) is 0 Å². The molecule has 0 spiro atoms. The average Bonchev–Trinajstić information content (AvgIpc) is 2.62. The van der Waals surface area contributed by atoms with E-state index < -0.39 is 0 Å². The number of ether oxygens (including phenoxy) is 1. The summed E-state index contributed by atoms with van der Waals surface area (Å²) in [5, 5.41) is 0. The Morgan fingerprint density at radius 3 is 2.75 bits per heavy atom. The summed E-state index contributed by atoms with van der Waals surface area (Å²) < 4.78 is 5.88. The quantitative estimate of drug-likeness (QED) is 0.821. The molecule has 6 heteroatoms. The van der Waals surface area contributed by atoms with Gasteiger partial charge in [-0.05, 0) is 33.0 Å². The molecule has 2 aliphatic rings. The highest BCUT2D eigenvalue weighted by molar-refractivity contribution is 5.44. The minimum Gasteiger partial charge on any atom is -0.373 e. The van der Waals surface area contributed by atoms with E-state index >= 15 is 0 Å². The van der Waals surface area contributed by atoms with Gasteiger partial charge < -0.3 is 19.4 Å². The Kier molecular flexibility index (Phi) is 5.89. The van der Waals surface area contributed by atoms with Crippen LogP contribution in [0.25, 0.3) is 0 Å². The Balaban J connectivity index is 1.67. The van der Waals surface area contributed by atoms with Crippen molar-refractivity contribution < 1.29 is 4.74 Å². The largest absolute Gasteiger partial charge is 0.373 e. The van der Waals surface area contributed by atoms with Crippen LogP contribution in [-0.4, -0.2) is 74.4 Å². The maximum atomic E-state index is 5.88. The fraction of sp³-hybridized carbons (Fsp3) is 0.778. The summed E-state index contributed by atoms with van der Waals surface area (Å²) in [5.74, 6) is 1.88. The van der Waals surface area contributed by atoms with Gasteiger partial charge in [0.15, 0.2) is 0 Å². The van der Waals surface area contributed by atoms with Crippen molar-refractivity contribution in [3.63, 3.8) is 0 Å². The summed E-state index contributed by atoms with van der Waals surface area (Å²) in [6.45, 7) is 3.49. The van der Waals surface area contributed by atoms with Gasteiger partial charge in [0.2, 0.25) is 5.95 Å². The van der Waals surface area contributed by atoms with Crippen LogP contribution in [0.4, 0.5) is 11.8 Å². The lowest BCUT2D eigenvalue weighted by Gasteiger charge is -2.36. The predicted molar refractivity (Wildman–Crippen MR) is 97.8 cm³/mol. The second-order valence-electron chi connectivity index (χ2n) is 7.32. The molecule has 24 heavy (non-hydrogen) atoms. The van der Waals surface area contributed by atoms with Crippen LogP contribution in [0.2, 0.25) is 0 Å². The van der Waals surface area contributed by atoms with Crippen molar-refractivity contribution in [1.29, 1.82) is 0 Å². The fourth-order valence-corrected chi connectivity index (χ4v) is 3.76. The molecule has 0 N–H and O–H groups in total. The fourth-order valence-electron chi connectivity index (χ4n) is 3.76. The highest BCUT2D eigenvalue weighted by atomic mass is 16.5. The molecule has 134 valence electrons. The third kappa shape index (κ3) is 4.36. The van der Waals surface area contributed by atoms with Crippen molar-refractivity contribution in [2.24, 2.45) is 0 Å². The number of rotatable bonds is 5. The van der Waals surface area contributed by atoms with E-state index in [2.05, 4.69) is 40.8 Å². The lowest BCUT2D eigenvalue weighted by atomic mass is 9.95. The molecule has 0 aromatic carbocycles. The first kappa shape index (κ1) is 17.4. The van der Waals surface area contributed by atoms with E-state index in [1.54, 1.807) is 0 Å². The summed E-state index contributed by atoms with van der Waals surface area (Å²) in [7, 11) is 6.32. The molecule has 3 rings (SSSR count). The van der Waals surface area contributed by atoms with Crippen molar-refractivity contribution in [3.8, 4) is 0 Å². The molecule has 0 radical (unpaired) electrons. The molecule has 1 saturated carbocycles. The lowest BCUT2D eigenvalue weighted by Crippen LogP contribution is -2.47. The molecule has 6 nitrogen and oxygen atoms in total. The molecule has 1 aromatic heterocycles. The van der Waals surface area contributed by atoms with Crippen molar-refractivity contribution >= 4 is 11.8 Å². The van der Waals surface area contributed by atoms with Crippen LogP contribution in [-0.2, 0) is 4.74 Å². The van der Waals surface area contributed by atoms with Crippen LogP contribution in [0.5, 0.6) is 0 Å². The third-order valence-electron chi connectivity index (χ3n) is 5.10. The van der Waals surface area contributed by atoms with Gasteiger partial charge in [-0.1, -0.05) is 19.3 Å². The zero-order valence-electron chi connectivity index (χ0n) is 15.3. The maximum Gasteiger partial charge on any atom is 0.227 e. The normalized spacial score (nSPS) is 22.8.